The van der Waals surface area contributed by atoms with Crippen LogP contribution in [-0.4, -0.2) is 39.6 Å². The maximum Gasteiger partial charge on any atom is 0.389 e. The summed E-state index contributed by atoms with van der Waals surface area (Å²) in [5.41, 5.74) is 3.15. The largest absolute Gasteiger partial charge is 0.389 e. The Morgan fingerprint density at radius 1 is 1.32 bits per heavy atom. The van der Waals surface area contributed by atoms with Crippen LogP contribution in [-0.2, 0) is 4.79 Å². The van der Waals surface area contributed by atoms with Crippen molar-refractivity contribution >= 4 is 16.9 Å². The molecule has 1 amide bonds. The highest BCUT2D eigenvalue weighted by Crippen LogP contribution is 2.30. The van der Waals surface area contributed by atoms with Crippen molar-refractivity contribution in [2.75, 3.05) is 13.1 Å². The number of carbonyl (C=O) groups is 1. The number of hydrogen-bond donors (Lipinski definition) is 0. The van der Waals surface area contributed by atoms with Crippen molar-refractivity contribution in [2.45, 2.75) is 45.3 Å². The second kappa shape index (κ2) is 6.69. The molecule has 1 aromatic carbocycles. The Balaban J connectivity index is 1.65. The third-order valence-corrected chi connectivity index (χ3v) is 4.86. The molecule has 1 saturated heterocycles. The van der Waals surface area contributed by atoms with E-state index in [1.54, 1.807) is 4.90 Å². The molecule has 1 aliphatic rings. The molecule has 25 heavy (non-hydrogen) atoms. The molecule has 0 saturated carbocycles. The van der Waals surface area contributed by atoms with E-state index in [2.05, 4.69) is 15.6 Å². The first-order valence-corrected chi connectivity index (χ1v) is 8.53. The Hall–Kier alpha value is -2.05. The summed E-state index contributed by atoms with van der Waals surface area (Å²) >= 11 is 0. The van der Waals surface area contributed by atoms with Crippen LogP contribution in [0.2, 0.25) is 0 Å². The third kappa shape index (κ3) is 3.96. The van der Waals surface area contributed by atoms with Crippen molar-refractivity contribution in [3.05, 3.63) is 30.1 Å². The summed E-state index contributed by atoms with van der Waals surface area (Å²) in [6.07, 6.45) is -2.09. The number of carbonyl (C=O) groups excluding carboxylic acids is 1. The Labute approximate surface area is 144 Å². The number of likely N-dealkylation sites (tertiary alicyclic amines) is 1. The van der Waals surface area contributed by atoms with E-state index >= 15 is 0 Å². The Kier molecular flexibility index (Phi) is 4.75. The molecule has 0 bridgehead atoms. The summed E-state index contributed by atoms with van der Waals surface area (Å²) in [4.78, 5) is 18.2. The third-order valence-electron chi connectivity index (χ3n) is 4.86. The zero-order chi connectivity index (χ0) is 18.2. The molecule has 2 heterocycles. The molecule has 1 aliphatic heterocycles. The first kappa shape index (κ1) is 17.8. The van der Waals surface area contributed by atoms with Gasteiger partial charge in [-0.15, -0.1) is 0 Å². The number of aromatic nitrogens is 2. The number of aryl methyl sites for hydroxylation is 1. The zero-order valence-corrected chi connectivity index (χ0v) is 14.4. The molecule has 0 radical (unpaired) electrons. The van der Waals surface area contributed by atoms with Crippen LogP contribution in [0, 0.1) is 12.8 Å². The summed E-state index contributed by atoms with van der Waals surface area (Å²) in [5, 5.41) is 0. The van der Waals surface area contributed by atoms with Crippen LogP contribution in [0.5, 0.6) is 0 Å². The predicted octanol–water partition coefficient (Wildman–Crippen LogP) is 4.10. The normalized spacial score (nSPS) is 17.9. The van der Waals surface area contributed by atoms with Gasteiger partial charge in [0.2, 0.25) is 5.91 Å². The van der Waals surface area contributed by atoms with Crippen LogP contribution in [0.1, 0.15) is 37.8 Å². The summed E-state index contributed by atoms with van der Waals surface area (Å²) in [5.74, 6) is -1.42. The zero-order valence-electron chi connectivity index (χ0n) is 14.4. The van der Waals surface area contributed by atoms with E-state index in [0.29, 0.717) is 13.1 Å². The van der Waals surface area contributed by atoms with Crippen LogP contribution in [0.4, 0.5) is 13.2 Å². The fourth-order valence-corrected chi connectivity index (χ4v) is 3.54. The number of piperidine rings is 1. The van der Waals surface area contributed by atoms with Crippen molar-refractivity contribution in [3.8, 4) is 0 Å². The lowest BCUT2D eigenvalue weighted by molar-refractivity contribution is -0.158. The minimum absolute atomic E-state index is 0.216. The minimum atomic E-state index is -4.30. The van der Waals surface area contributed by atoms with E-state index in [1.807, 2.05) is 25.4 Å². The van der Waals surface area contributed by atoms with E-state index in [9.17, 15) is 18.0 Å². The van der Waals surface area contributed by atoms with E-state index in [-0.39, 0.29) is 6.04 Å². The Bertz CT molecular complexity index is 761. The smallest absolute Gasteiger partial charge is 0.342 e. The fourth-order valence-electron chi connectivity index (χ4n) is 3.54. The molecular formula is C18H22F3N3O. The Morgan fingerprint density at radius 2 is 2.00 bits per heavy atom. The number of halogens is 3. The highest BCUT2D eigenvalue weighted by atomic mass is 19.4. The van der Waals surface area contributed by atoms with Gasteiger partial charge in [-0.1, -0.05) is 13.0 Å². The van der Waals surface area contributed by atoms with Gasteiger partial charge in [-0.05, 0) is 37.5 Å². The second-order valence-corrected chi connectivity index (χ2v) is 6.92. The van der Waals surface area contributed by atoms with Gasteiger partial charge in [0.15, 0.2) is 0 Å². The number of fused-ring (bicyclic) bond motifs is 1. The summed E-state index contributed by atoms with van der Waals surface area (Å²) in [6, 6.07) is 6.31. The molecule has 0 N–H and O–H groups in total. The van der Waals surface area contributed by atoms with Crippen molar-refractivity contribution in [2.24, 2.45) is 5.92 Å². The highest BCUT2D eigenvalue weighted by Gasteiger charge is 2.35. The molecule has 136 valence electrons. The van der Waals surface area contributed by atoms with Gasteiger partial charge in [-0.25, -0.2) is 4.98 Å². The highest BCUT2D eigenvalue weighted by molar-refractivity contribution is 5.79. The lowest BCUT2D eigenvalue weighted by atomic mass is 10.0. The average molecular weight is 353 g/mol. The van der Waals surface area contributed by atoms with Gasteiger partial charge in [0.05, 0.1) is 23.8 Å². The molecule has 3 rings (SSSR count). The monoisotopic (exact) mass is 353 g/mol. The number of rotatable bonds is 3. The summed E-state index contributed by atoms with van der Waals surface area (Å²) in [6.45, 7) is 4.35. The predicted molar refractivity (Wildman–Crippen MR) is 89.2 cm³/mol. The number of nitrogens with zero attached hydrogens (tertiary/aromatic N) is 3. The molecule has 4 nitrogen and oxygen atoms in total. The second-order valence-electron chi connectivity index (χ2n) is 6.92. The number of hydrogen-bond acceptors (Lipinski definition) is 2. The molecule has 1 atom stereocenters. The van der Waals surface area contributed by atoms with Crippen LogP contribution in [0.3, 0.4) is 0 Å². The van der Waals surface area contributed by atoms with Crippen LogP contribution in [0.15, 0.2) is 24.5 Å². The van der Waals surface area contributed by atoms with Gasteiger partial charge < -0.3 is 9.47 Å². The molecule has 1 fully saturated rings. The molecule has 0 aliphatic carbocycles. The molecule has 0 spiro atoms. The lowest BCUT2D eigenvalue weighted by Crippen LogP contribution is -2.42. The Morgan fingerprint density at radius 3 is 2.64 bits per heavy atom. The van der Waals surface area contributed by atoms with Crippen molar-refractivity contribution in [1.29, 1.82) is 0 Å². The molecule has 1 aromatic heterocycles. The quantitative estimate of drug-likeness (QED) is 0.833. The SMILES string of the molecule is Cc1ccc2ncn(C3CCN(C(=O)C(C)CC(F)(F)F)CC3)c2c1. The standard InChI is InChI=1S/C18H22F3N3O/c1-12-3-4-15-16(9-12)24(11-22-15)14-5-7-23(8-6-14)17(25)13(2)10-18(19,20)21/h3-4,9,11,13-14H,5-8,10H2,1-2H3. The van der Waals surface area contributed by atoms with Gasteiger partial charge in [0.25, 0.3) is 0 Å². The number of alkyl halides is 3. The summed E-state index contributed by atoms with van der Waals surface area (Å²) < 4.78 is 39.6. The first-order chi connectivity index (χ1) is 11.7. The van der Waals surface area contributed by atoms with Gasteiger partial charge >= 0.3 is 6.18 Å². The van der Waals surface area contributed by atoms with Gasteiger partial charge in [0.1, 0.15) is 0 Å². The average Bonchev–Trinajstić information content (AvgIpc) is 2.95. The van der Waals surface area contributed by atoms with Crippen LogP contribution < -0.4 is 0 Å². The fraction of sp³-hybridized carbons (Fsp3) is 0.556. The van der Waals surface area contributed by atoms with Crippen LogP contribution >= 0.6 is 0 Å². The topological polar surface area (TPSA) is 38.1 Å². The molecule has 7 heteroatoms. The number of benzene rings is 1. The van der Waals surface area contributed by atoms with E-state index < -0.39 is 24.4 Å². The molecule has 2 aromatic rings. The van der Waals surface area contributed by atoms with E-state index in [0.717, 1.165) is 29.4 Å². The van der Waals surface area contributed by atoms with Crippen LogP contribution in [0.25, 0.3) is 11.0 Å². The van der Waals surface area contributed by atoms with Crippen molar-refractivity contribution in [1.82, 2.24) is 14.5 Å². The van der Waals surface area contributed by atoms with Crippen molar-refractivity contribution < 1.29 is 18.0 Å². The number of imidazole rings is 1. The lowest BCUT2D eigenvalue weighted by Gasteiger charge is -2.34. The van der Waals surface area contributed by atoms with Crippen molar-refractivity contribution in [3.63, 3.8) is 0 Å². The molecule has 1 unspecified atom stereocenters. The van der Waals surface area contributed by atoms with E-state index in [1.165, 1.54) is 6.92 Å². The van der Waals surface area contributed by atoms with Gasteiger partial charge in [0, 0.05) is 25.0 Å². The maximum absolute atomic E-state index is 12.5. The molecular weight excluding hydrogens is 331 g/mol. The van der Waals surface area contributed by atoms with Gasteiger partial charge in [-0.2, -0.15) is 13.2 Å². The first-order valence-electron chi connectivity index (χ1n) is 8.53. The van der Waals surface area contributed by atoms with E-state index in [4.69, 9.17) is 0 Å². The number of amides is 1. The van der Waals surface area contributed by atoms with Gasteiger partial charge in [-0.3, -0.25) is 4.79 Å². The minimum Gasteiger partial charge on any atom is -0.342 e. The summed E-state index contributed by atoms with van der Waals surface area (Å²) in [7, 11) is 0. The maximum atomic E-state index is 12.5.